The molecule has 42 heavy (non-hydrogen) atoms. The third kappa shape index (κ3) is 6.75. The highest BCUT2D eigenvalue weighted by Gasteiger charge is 2.41. The van der Waals surface area contributed by atoms with Crippen molar-refractivity contribution in [1.29, 1.82) is 0 Å². The molecule has 2 N–H and O–H groups in total. The Labute approximate surface area is 247 Å². The van der Waals surface area contributed by atoms with E-state index in [-0.39, 0.29) is 24.7 Å². The third-order valence-electron chi connectivity index (χ3n) is 8.55. The SMILES string of the molecule is CC(=O)NCc1ccccc1-c1ccc(C2OC(CN3CCC4(CC3)OCCO4)CC(c3ccc(CO)cc3)O2)cc1. The number of rotatable bonds is 8. The lowest BCUT2D eigenvalue weighted by molar-refractivity contribution is -0.255. The van der Waals surface area contributed by atoms with E-state index in [1.54, 1.807) is 0 Å². The largest absolute Gasteiger partial charge is 0.392 e. The summed E-state index contributed by atoms with van der Waals surface area (Å²) in [5.41, 5.74) is 6.15. The second-order valence-electron chi connectivity index (χ2n) is 11.4. The first kappa shape index (κ1) is 29.0. The van der Waals surface area contributed by atoms with Gasteiger partial charge in [0, 0.05) is 57.9 Å². The molecule has 8 heteroatoms. The summed E-state index contributed by atoms with van der Waals surface area (Å²) in [7, 11) is 0. The van der Waals surface area contributed by atoms with E-state index in [2.05, 4.69) is 40.5 Å². The molecule has 3 aromatic rings. The van der Waals surface area contributed by atoms with E-state index >= 15 is 0 Å². The minimum absolute atomic E-state index is 0.0104. The lowest BCUT2D eigenvalue weighted by Gasteiger charge is -2.41. The minimum Gasteiger partial charge on any atom is -0.392 e. The molecule has 0 bridgehead atoms. The van der Waals surface area contributed by atoms with Crippen LogP contribution in [-0.2, 0) is 36.9 Å². The summed E-state index contributed by atoms with van der Waals surface area (Å²) >= 11 is 0. The van der Waals surface area contributed by atoms with Crippen molar-refractivity contribution in [2.45, 2.75) is 63.6 Å². The van der Waals surface area contributed by atoms with Crippen molar-refractivity contribution in [3.8, 4) is 11.1 Å². The fourth-order valence-corrected chi connectivity index (χ4v) is 6.18. The molecule has 3 aromatic carbocycles. The molecule has 8 nitrogen and oxygen atoms in total. The zero-order valence-corrected chi connectivity index (χ0v) is 24.2. The normalized spacial score (nSPS) is 24.1. The molecule has 3 unspecified atom stereocenters. The number of nitrogens with zero attached hydrogens (tertiary/aromatic N) is 1. The van der Waals surface area contributed by atoms with Crippen LogP contribution in [-0.4, -0.2) is 60.7 Å². The van der Waals surface area contributed by atoms with Gasteiger partial charge in [0.05, 0.1) is 32.0 Å². The molecular formula is C34H40N2O6. The van der Waals surface area contributed by atoms with Crippen molar-refractivity contribution in [1.82, 2.24) is 10.2 Å². The fraction of sp³-hybridized carbons (Fsp3) is 0.441. The molecule has 3 aliphatic heterocycles. The monoisotopic (exact) mass is 572 g/mol. The van der Waals surface area contributed by atoms with Crippen molar-refractivity contribution in [3.63, 3.8) is 0 Å². The van der Waals surface area contributed by atoms with Crippen molar-refractivity contribution in [2.75, 3.05) is 32.8 Å². The molecule has 3 saturated heterocycles. The first-order valence-electron chi connectivity index (χ1n) is 14.9. The third-order valence-corrected chi connectivity index (χ3v) is 8.55. The Morgan fingerprint density at radius 1 is 0.929 bits per heavy atom. The number of benzene rings is 3. The molecule has 3 fully saturated rings. The maximum Gasteiger partial charge on any atom is 0.217 e. The van der Waals surface area contributed by atoms with Gasteiger partial charge in [0.1, 0.15) is 0 Å². The van der Waals surface area contributed by atoms with Gasteiger partial charge in [-0.1, -0.05) is 72.8 Å². The van der Waals surface area contributed by atoms with Crippen LogP contribution in [0.3, 0.4) is 0 Å². The quantitative estimate of drug-likeness (QED) is 0.398. The minimum atomic E-state index is -0.507. The Bertz CT molecular complexity index is 1330. The van der Waals surface area contributed by atoms with E-state index in [1.807, 2.05) is 42.5 Å². The summed E-state index contributed by atoms with van der Waals surface area (Å²) in [5, 5.41) is 12.4. The number of likely N-dealkylation sites (tertiary alicyclic amines) is 1. The van der Waals surface area contributed by atoms with Crippen LogP contribution in [0.4, 0.5) is 0 Å². The zero-order valence-electron chi connectivity index (χ0n) is 24.2. The maximum absolute atomic E-state index is 11.5. The predicted molar refractivity (Wildman–Crippen MR) is 158 cm³/mol. The van der Waals surface area contributed by atoms with Crippen LogP contribution in [0, 0.1) is 0 Å². The number of carbonyl (C=O) groups excluding carboxylic acids is 1. The number of amides is 1. The average molecular weight is 573 g/mol. The van der Waals surface area contributed by atoms with E-state index in [9.17, 15) is 9.90 Å². The molecular weight excluding hydrogens is 532 g/mol. The molecule has 1 amide bonds. The Morgan fingerprint density at radius 3 is 2.31 bits per heavy atom. The van der Waals surface area contributed by atoms with Gasteiger partial charge in [-0.3, -0.25) is 4.79 Å². The van der Waals surface area contributed by atoms with Crippen LogP contribution in [0.1, 0.15) is 60.8 Å². The number of hydrogen-bond donors (Lipinski definition) is 2. The first-order chi connectivity index (χ1) is 20.5. The summed E-state index contributed by atoms with van der Waals surface area (Å²) < 4.78 is 25.0. The second-order valence-corrected chi connectivity index (χ2v) is 11.4. The smallest absolute Gasteiger partial charge is 0.217 e. The van der Waals surface area contributed by atoms with E-state index in [0.717, 1.165) is 72.3 Å². The van der Waals surface area contributed by atoms with Crippen LogP contribution < -0.4 is 5.32 Å². The van der Waals surface area contributed by atoms with Gasteiger partial charge in [0.15, 0.2) is 12.1 Å². The molecule has 222 valence electrons. The predicted octanol–water partition coefficient (Wildman–Crippen LogP) is 4.87. The number of ether oxygens (including phenoxy) is 4. The van der Waals surface area contributed by atoms with Crippen molar-refractivity contribution in [3.05, 3.63) is 95.1 Å². The topological polar surface area (TPSA) is 89.5 Å². The number of aliphatic hydroxyl groups excluding tert-OH is 1. The zero-order chi connectivity index (χ0) is 28.9. The average Bonchev–Trinajstić information content (AvgIpc) is 3.49. The molecule has 3 atom stereocenters. The van der Waals surface area contributed by atoms with Crippen LogP contribution >= 0.6 is 0 Å². The van der Waals surface area contributed by atoms with Gasteiger partial charge < -0.3 is 34.3 Å². The molecule has 3 heterocycles. The van der Waals surface area contributed by atoms with E-state index in [0.29, 0.717) is 19.8 Å². The molecule has 0 saturated carbocycles. The molecule has 6 rings (SSSR count). The van der Waals surface area contributed by atoms with Crippen molar-refractivity contribution in [2.24, 2.45) is 0 Å². The first-order valence-corrected chi connectivity index (χ1v) is 14.9. The van der Waals surface area contributed by atoms with Gasteiger partial charge in [-0.25, -0.2) is 0 Å². The van der Waals surface area contributed by atoms with Crippen LogP contribution in [0.5, 0.6) is 0 Å². The number of nitrogens with one attached hydrogen (secondary N) is 1. The van der Waals surface area contributed by atoms with Gasteiger partial charge in [-0.15, -0.1) is 0 Å². The number of aliphatic hydroxyl groups is 1. The van der Waals surface area contributed by atoms with Gasteiger partial charge in [0.2, 0.25) is 5.91 Å². The standard InChI is InChI=1S/C34H40N2O6/c1-24(38)35-21-29-4-2-3-5-31(29)26-10-12-28(13-11-26)33-41-30(20-32(42-33)27-8-6-25(23-37)7-9-27)22-36-16-14-34(15-17-36)39-18-19-40-34/h2-13,30,32-33,37H,14-23H2,1H3,(H,35,38). The summed E-state index contributed by atoms with van der Waals surface area (Å²) in [4.78, 5) is 13.9. The summed E-state index contributed by atoms with van der Waals surface area (Å²) in [5.74, 6) is -0.444. The van der Waals surface area contributed by atoms with Crippen molar-refractivity contribution >= 4 is 5.91 Å². The molecule has 0 aliphatic carbocycles. The number of carbonyl (C=O) groups is 1. The Morgan fingerprint density at radius 2 is 1.62 bits per heavy atom. The molecule has 0 aromatic heterocycles. The van der Waals surface area contributed by atoms with Crippen LogP contribution in [0.25, 0.3) is 11.1 Å². The lowest BCUT2D eigenvalue weighted by atomic mass is 9.97. The van der Waals surface area contributed by atoms with Crippen molar-refractivity contribution < 1.29 is 28.8 Å². The molecule has 0 radical (unpaired) electrons. The number of piperidine rings is 1. The highest BCUT2D eigenvalue weighted by atomic mass is 16.7. The molecule has 3 aliphatic rings. The van der Waals surface area contributed by atoms with E-state index in [4.69, 9.17) is 18.9 Å². The Balaban J connectivity index is 1.19. The maximum atomic E-state index is 11.5. The van der Waals surface area contributed by atoms with Gasteiger partial charge in [-0.2, -0.15) is 0 Å². The Kier molecular flexibility index (Phi) is 9.00. The number of hydrogen-bond acceptors (Lipinski definition) is 7. The second kappa shape index (κ2) is 13.0. The van der Waals surface area contributed by atoms with Crippen LogP contribution in [0.15, 0.2) is 72.8 Å². The highest BCUT2D eigenvalue weighted by Crippen LogP contribution is 2.39. The summed E-state index contributed by atoms with van der Waals surface area (Å²) in [6, 6.07) is 24.4. The summed E-state index contributed by atoms with van der Waals surface area (Å²) in [6.45, 7) is 6.03. The summed E-state index contributed by atoms with van der Waals surface area (Å²) in [6.07, 6.45) is 1.85. The van der Waals surface area contributed by atoms with Gasteiger partial charge in [0.25, 0.3) is 0 Å². The fourth-order valence-electron chi connectivity index (χ4n) is 6.18. The molecule has 1 spiro atoms. The highest BCUT2D eigenvalue weighted by molar-refractivity contribution is 5.74. The van der Waals surface area contributed by atoms with Gasteiger partial charge in [-0.05, 0) is 27.8 Å². The Hall–Kier alpha value is -3.11. The van der Waals surface area contributed by atoms with Gasteiger partial charge >= 0.3 is 0 Å². The lowest BCUT2D eigenvalue weighted by Crippen LogP contribution is -2.48. The van der Waals surface area contributed by atoms with Crippen LogP contribution in [0.2, 0.25) is 0 Å². The van der Waals surface area contributed by atoms with E-state index < -0.39 is 12.1 Å². The van der Waals surface area contributed by atoms with E-state index in [1.165, 1.54) is 6.92 Å².